The minimum atomic E-state index is -0.376. The molecule has 24 heavy (non-hydrogen) atoms. The Morgan fingerprint density at radius 2 is 2.12 bits per heavy atom. The first-order chi connectivity index (χ1) is 11.7. The van der Waals surface area contributed by atoms with Crippen LogP contribution in [-0.4, -0.2) is 27.6 Å². The largest absolute Gasteiger partial charge is 0.339 e. The standard InChI is InChI=1S/C17H13FN4O2/c18-12-4-3-5-13(9-12)22-10-11(8-15(22)23)17-20-16(21-24-17)14-6-1-2-7-19-14/h1-7,9,11H,8,10H2. The number of nitrogens with zero attached hydrogens (tertiary/aromatic N) is 4. The van der Waals surface area contributed by atoms with Gasteiger partial charge in [-0.25, -0.2) is 4.39 Å². The highest BCUT2D eigenvalue weighted by Crippen LogP contribution is 2.31. The molecule has 0 spiro atoms. The predicted molar refractivity (Wildman–Crippen MR) is 83.6 cm³/mol. The SMILES string of the molecule is O=C1CC(c2nc(-c3ccccn3)no2)CN1c1cccc(F)c1. The fraction of sp³-hybridized carbons (Fsp3) is 0.176. The van der Waals surface area contributed by atoms with E-state index in [-0.39, 0.29) is 24.1 Å². The van der Waals surface area contributed by atoms with Gasteiger partial charge in [-0.15, -0.1) is 0 Å². The number of aromatic nitrogens is 3. The van der Waals surface area contributed by atoms with Crippen molar-refractivity contribution in [1.29, 1.82) is 0 Å². The van der Waals surface area contributed by atoms with E-state index < -0.39 is 0 Å². The zero-order valence-corrected chi connectivity index (χ0v) is 12.6. The second-order valence-electron chi connectivity index (χ2n) is 5.56. The third kappa shape index (κ3) is 2.64. The second kappa shape index (κ2) is 5.84. The first-order valence-corrected chi connectivity index (χ1v) is 7.51. The number of anilines is 1. The van der Waals surface area contributed by atoms with Crippen LogP contribution >= 0.6 is 0 Å². The van der Waals surface area contributed by atoms with E-state index in [1.54, 1.807) is 35.4 Å². The Bertz CT molecular complexity index is 881. The van der Waals surface area contributed by atoms with Gasteiger partial charge in [0.1, 0.15) is 11.5 Å². The Labute approximate surface area is 136 Å². The highest BCUT2D eigenvalue weighted by molar-refractivity contribution is 5.96. The van der Waals surface area contributed by atoms with Gasteiger partial charge in [-0.3, -0.25) is 9.78 Å². The number of rotatable bonds is 3. The van der Waals surface area contributed by atoms with Gasteiger partial charge in [-0.2, -0.15) is 4.98 Å². The molecule has 1 aromatic carbocycles. The van der Waals surface area contributed by atoms with Gasteiger partial charge in [0.05, 0.1) is 5.92 Å². The molecule has 4 rings (SSSR count). The molecule has 1 fully saturated rings. The van der Waals surface area contributed by atoms with E-state index in [0.717, 1.165) is 0 Å². The average molecular weight is 324 g/mol. The summed E-state index contributed by atoms with van der Waals surface area (Å²) in [7, 11) is 0. The van der Waals surface area contributed by atoms with Crippen molar-refractivity contribution in [3.63, 3.8) is 0 Å². The van der Waals surface area contributed by atoms with Gasteiger partial charge >= 0.3 is 0 Å². The van der Waals surface area contributed by atoms with Crippen molar-refractivity contribution in [1.82, 2.24) is 15.1 Å². The van der Waals surface area contributed by atoms with Crippen LogP contribution in [0.25, 0.3) is 11.5 Å². The van der Waals surface area contributed by atoms with Crippen molar-refractivity contribution < 1.29 is 13.7 Å². The summed E-state index contributed by atoms with van der Waals surface area (Å²) in [6, 6.07) is 11.4. The molecule has 1 unspecified atom stereocenters. The fourth-order valence-electron chi connectivity index (χ4n) is 2.77. The number of hydrogen-bond donors (Lipinski definition) is 0. The van der Waals surface area contributed by atoms with E-state index >= 15 is 0 Å². The third-order valence-electron chi connectivity index (χ3n) is 3.93. The van der Waals surface area contributed by atoms with Crippen molar-refractivity contribution in [3.8, 4) is 11.5 Å². The Morgan fingerprint density at radius 1 is 1.21 bits per heavy atom. The summed E-state index contributed by atoms with van der Waals surface area (Å²) in [5.41, 5.74) is 1.14. The highest BCUT2D eigenvalue weighted by Gasteiger charge is 2.35. The molecule has 1 amide bonds. The number of pyridine rings is 1. The van der Waals surface area contributed by atoms with Crippen LogP contribution < -0.4 is 4.90 Å². The van der Waals surface area contributed by atoms with Crippen LogP contribution in [0.3, 0.4) is 0 Å². The van der Waals surface area contributed by atoms with Gasteiger partial charge in [0.25, 0.3) is 0 Å². The van der Waals surface area contributed by atoms with E-state index in [1.807, 2.05) is 6.07 Å². The van der Waals surface area contributed by atoms with Crippen LogP contribution in [0, 0.1) is 5.82 Å². The summed E-state index contributed by atoms with van der Waals surface area (Å²) < 4.78 is 18.7. The van der Waals surface area contributed by atoms with Crippen LogP contribution in [0.1, 0.15) is 18.2 Å². The molecule has 0 N–H and O–H groups in total. The molecule has 0 aliphatic carbocycles. The molecule has 3 heterocycles. The molecule has 1 saturated heterocycles. The van der Waals surface area contributed by atoms with Crippen molar-refractivity contribution >= 4 is 11.6 Å². The summed E-state index contributed by atoms with van der Waals surface area (Å²) in [5.74, 6) is 0.0954. The zero-order valence-electron chi connectivity index (χ0n) is 12.6. The number of benzene rings is 1. The summed E-state index contributed by atoms with van der Waals surface area (Å²) in [6.07, 6.45) is 1.90. The van der Waals surface area contributed by atoms with E-state index in [1.165, 1.54) is 12.1 Å². The average Bonchev–Trinajstić information content (AvgIpc) is 3.22. The smallest absolute Gasteiger partial charge is 0.232 e. The molecule has 1 aliphatic heterocycles. The highest BCUT2D eigenvalue weighted by atomic mass is 19.1. The topological polar surface area (TPSA) is 72.1 Å². The second-order valence-corrected chi connectivity index (χ2v) is 5.56. The van der Waals surface area contributed by atoms with Gasteiger partial charge in [-0.05, 0) is 30.3 Å². The summed E-state index contributed by atoms with van der Waals surface area (Å²) in [6.45, 7) is 0.381. The van der Waals surface area contributed by atoms with Gasteiger partial charge in [0, 0.05) is 24.8 Å². The Morgan fingerprint density at radius 3 is 2.92 bits per heavy atom. The summed E-state index contributed by atoms with van der Waals surface area (Å²) >= 11 is 0. The molecule has 6 nitrogen and oxygen atoms in total. The lowest BCUT2D eigenvalue weighted by molar-refractivity contribution is -0.117. The van der Waals surface area contributed by atoms with Gasteiger partial charge in [0.15, 0.2) is 0 Å². The number of carbonyl (C=O) groups excluding carboxylic acids is 1. The molecule has 1 aliphatic rings. The lowest BCUT2D eigenvalue weighted by atomic mass is 10.1. The van der Waals surface area contributed by atoms with Crippen LogP contribution in [-0.2, 0) is 4.79 Å². The maximum absolute atomic E-state index is 13.4. The van der Waals surface area contributed by atoms with E-state index in [0.29, 0.717) is 29.6 Å². The number of hydrogen-bond acceptors (Lipinski definition) is 5. The van der Waals surface area contributed by atoms with Crippen molar-refractivity contribution in [2.24, 2.45) is 0 Å². The van der Waals surface area contributed by atoms with Crippen LogP contribution in [0.4, 0.5) is 10.1 Å². The molecule has 3 aromatic rings. The molecule has 0 radical (unpaired) electrons. The minimum Gasteiger partial charge on any atom is -0.339 e. The fourth-order valence-corrected chi connectivity index (χ4v) is 2.77. The third-order valence-corrected chi connectivity index (χ3v) is 3.93. The first-order valence-electron chi connectivity index (χ1n) is 7.51. The van der Waals surface area contributed by atoms with Gasteiger partial charge in [0.2, 0.25) is 17.6 Å². The Balaban J connectivity index is 1.56. The number of halogens is 1. The Kier molecular flexibility index (Phi) is 3.53. The minimum absolute atomic E-state index is 0.0943. The van der Waals surface area contributed by atoms with Crippen molar-refractivity contribution in [3.05, 3.63) is 60.4 Å². The molecule has 1 atom stereocenters. The molecule has 7 heteroatoms. The summed E-state index contributed by atoms with van der Waals surface area (Å²) in [4.78, 5) is 22.3. The van der Waals surface area contributed by atoms with E-state index in [2.05, 4.69) is 15.1 Å². The van der Waals surface area contributed by atoms with Crippen LogP contribution in [0.2, 0.25) is 0 Å². The predicted octanol–water partition coefficient (Wildman–Crippen LogP) is 2.79. The van der Waals surface area contributed by atoms with Crippen molar-refractivity contribution in [2.45, 2.75) is 12.3 Å². The van der Waals surface area contributed by atoms with E-state index in [4.69, 9.17) is 4.52 Å². The van der Waals surface area contributed by atoms with Crippen LogP contribution in [0.15, 0.2) is 53.2 Å². The number of carbonyl (C=O) groups is 1. The van der Waals surface area contributed by atoms with Crippen LogP contribution in [0.5, 0.6) is 0 Å². The zero-order chi connectivity index (χ0) is 16.5. The normalized spacial score (nSPS) is 17.5. The number of amides is 1. The first kappa shape index (κ1) is 14.5. The molecule has 120 valence electrons. The molecular weight excluding hydrogens is 311 g/mol. The summed E-state index contributed by atoms with van der Waals surface area (Å²) in [5, 5.41) is 3.93. The molecular formula is C17H13FN4O2. The molecule has 2 aromatic heterocycles. The maximum atomic E-state index is 13.4. The maximum Gasteiger partial charge on any atom is 0.232 e. The lowest BCUT2D eigenvalue weighted by Gasteiger charge is -2.15. The quantitative estimate of drug-likeness (QED) is 0.741. The van der Waals surface area contributed by atoms with Gasteiger partial charge in [-0.1, -0.05) is 17.3 Å². The monoisotopic (exact) mass is 324 g/mol. The Hall–Kier alpha value is -3.09. The van der Waals surface area contributed by atoms with Gasteiger partial charge < -0.3 is 9.42 Å². The molecule has 0 bridgehead atoms. The van der Waals surface area contributed by atoms with Crippen molar-refractivity contribution in [2.75, 3.05) is 11.4 Å². The lowest BCUT2D eigenvalue weighted by Crippen LogP contribution is -2.24. The van der Waals surface area contributed by atoms with E-state index in [9.17, 15) is 9.18 Å². The molecule has 0 saturated carbocycles.